The zero-order chi connectivity index (χ0) is 14.5. The SMILES string of the molecule is CC1CCCN(Cc2ccccc2SN2CCOCC2)C1. The molecular weight excluding hydrogens is 280 g/mol. The Bertz CT molecular complexity index is 448. The minimum atomic E-state index is 0.845. The Labute approximate surface area is 132 Å². The summed E-state index contributed by atoms with van der Waals surface area (Å²) in [6.45, 7) is 9.74. The van der Waals surface area contributed by atoms with Crippen molar-refractivity contribution in [1.29, 1.82) is 0 Å². The minimum Gasteiger partial charge on any atom is -0.379 e. The molecule has 1 unspecified atom stereocenters. The van der Waals surface area contributed by atoms with Gasteiger partial charge in [0.1, 0.15) is 0 Å². The van der Waals surface area contributed by atoms with E-state index in [1.165, 1.54) is 36.4 Å². The van der Waals surface area contributed by atoms with Gasteiger partial charge in [0.2, 0.25) is 0 Å². The van der Waals surface area contributed by atoms with E-state index in [9.17, 15) is 0 Å². The lowest BCUT2D eigenvalue weighted by molar-refractivity contribution is 0.0773. The van der Waals surface area contributed by atoms with Crippen molar-refractivity contribution in [3.8, 4) is 0 Å². The average molecular weight is 306 g/mol. The topological polar surface area (TPSA) is 15.7 Å². The van der Waals surface area contributed by atoms with Gasteiger partial charge in [0.15, 0.2) is 0 Å². The Morgan fingerprint density at radius 3 is 2.81 bits per heavy atom. The van der Waals surface area contributed by atoms with Gasteiger partial charge < -0.3 is 4.74 Å². The summed E-state index contributed by atoms with van der Waals surface area (Å²) < 4.78 is 7.87. The Hall–Kier alpha value is -0.550. The summed E-state index contributed by atoms with van der Waals surface area (Å²) >= 11 is 1.91. The van der Waals surface area contributed by atoms with Crippen LogP contribution in [0.15, 0.2) is 29.2 Å². The van der Waals surface area contributed by atoms with E-state index in [0.717, 1.165) is 38.8 Å². The summed E-state index contributed by atoms with van der Waals surface area (Å²) in [4.78, 5) is 4.03. The molecule has 0 aromatic heterocycles. The van der Waals surface area contributed by atoms with Crippen molar-refractivity contribution in [2.24, 2.45) is 5.92 Å². The van der Waals surface area contributed by atoms with E-state index < -0.39 is 0 Å². The van der Waals surface area contributed by atoms with Gasteiger partial charge in [-0.15, -0.1) is 0 Å². The Morgan fingerprint density at radius 2 is 2.00 bits per heavy atom. The first-order valence-corrected chi connectivity index (χ1v) is 8.89. The molecule has 4 heteroatoms. The van der Waals surface area contributed by atoms with E-state index in [0.29, 0.717) is 0 Å². The van der Waals surface area contributed by atoms with E-state index in [-0.39, 0.29) is 0 Å². The Balaban J connectivity index is 1.64. The number of likely N-dealkylation sites (tertiary alicyclic amines) is 1. The Kier molecular flexibility index (Phi) is 5.58. The third-order valence-electron chi connectivity index (χ3n) is 4.31. The number of benzene rings is 1. The monoisotopic (exact) mass is 306 g/mol. The van der Waals surface area contributed by atoms with Crippen molar-refractivity contribution >= 4 is 11.9 Å². The molecular formula is C17H26N2OS. The smallest absolute Gasteiger partial charge is 0.0603 e. The highest BCUT2D eigenvalue weighted by Gasteiger charge is 2.18. The maximum absolute atomic E-state index is 5.44. The second-order valence-electron chi connectivity index (χ2n) is 6.22. The van der Waals surface area contributed by atoms with Crippen molar-refractivity contribution in [2.45, 2.75) is 31.2 Å². The van der Waals surface area contributed by atoms with E-state index in [1.54, 1.807) is 0 Å². The second kappa shape index (κ2) is 7.63. The normalized spacial score (nSPS) is 25.1. The zero-order valence-electron chi connectivity index (χ0n) is 13.0. The molecule has 2 saturated heterocycles. The van der Waals surface area contributed by atoms with Crippen molar-refractivity contribution in [3.63, 3.8) is 0 Å². The van der Waals surface area contributed by atoms with Crippen LogP contribution in [-0.2, 0) is 11.3 Å². The zero-order valence-corrected chi connectivity index (χ0v) is 13.8. The maximum atomic E-state index is 5.44. The van der Waals surface area contributed by atoms with Crippen LogP contribution in [-0.4, -0.2) is 48.6 Å². The highest BCUT2D eigenvalue weighted by molar-refractivity contribution is 7.97. The first kappa shape index (κ1) is 15.3. The highest BCUT2D eigenvalue weighted by atomic mass is 32.2. The molecule has 0 spiro atoms. The first-order chi connectivity index (χ1) is 10.3. The molecule has 2 aliphatic heterocycles. The van der Waals surface area contributed by atoms with E-state index in [4.69, 9.17) is 4.74 Å². The lowest BCUT2D eigenvalue weighted by Crippen LogP contribution is -2.34. The van der Waals surface area contributed by atoms with Gasteiger partial charge in [0.25, 0.3) is 0 Å². The summed E-state index contributed by atoms with van der Waals surface area (Å²) in [5, 5.41) is 0. The maximum Gasteiger partial charge on any atom is 0.0603 e. The molecule has 1 atom stereocenters. The lowest BCUT2D eigenvalue weighted by atomic mass is 10.00. The van der Waals surface area contributed by atoms with E-state index in [2.05, 4.69) is 40.4 Å². The molecule has 1 aromatic carbocycles. The number of hydrogen-bond acceptors (Lipinski definition) is 4. The molecule has 1 aromatic rings. The number of nitrogens with zero attached hydrogens (tertiary/aromatic N) is 2. The van der Waals surface area contributed by atoms with Crippen LogP contribution < -0.4 is 0 Å². The summed E-state index contributed by atoms with van der Waals surface area (Å²) in [6.07, 6.45) is 2.74. The number of morpholine rings is 1. The molecule has 0 bridgehead atoms. The molecule has 2 aliphatic rings. The van der Waals surface area contributed by atoms with Crippen LogP contribution in [0.3, 0.4) is 0 Å². The van der Waals surface area contributed by atoms with Gasteiger partial charge in [0.05, 0.1) is 13.2 Å². The van der Waals surface area contributed by atoms with Gasteiger partial charge in [0, 0.05) is 31.1 Å². The second-order valence-corrected chi connectivity index (χ2v) is 7.36. The largest absolute Gasteiger partial charge is 0.379 e. The molecule has 21 heavy (non-hydrogen) atoms. The minimum absolute atomic E-state index is 0.845. The van der Waals surface area contributed by atoms with Crippen LogP contribution in [0.25, 0.3) is 0 Å². The van der Waals surface area contributed by atoms with Crippen molar-refractivity contribution < 1.29 is 4.74 Å². The summed E-state index contributed by atoms with van der Waals surface area (Å²) in [5.41, 5.74) is 1.48. The van der Waals surface area contributed by atoms with Gasteiger partial charge in [-0.05, 0) is 48.9 Å². The summed E-state index contributed by atoms with van der Waals surface area (Å²) in [6, 6.07) is 8.89. The number of hydrogen-bond donors (Lipinski definition) is 0. The van der Waals surface area contributed by atoms with E-state index >= 15 is 0 Å². The van der Waals surface area contributed by atoms with Gasteiger partial charge in [-0.25, -0.2) is 4.31 Å². The highest BCUT2D eigenvalue weighted by Crippen LogP contribution is 2.28. The van der Waals surface area contributed by atoms with Crippen molar-refractivity contribution in [3.05, 3.63) is 29.8 Å². The van der Waals surface area contributed by atoms with Crippen molar-refractivity contribution in [1.82, 2.24) is 9.21 Å². The molecule has 0 aliphatic carbocycles. The van der Waals surface area contributed by atoms with Crippen molar-refractivity contribution in [2.75, 3.05) is 39.4 Å². The van der Waals surface area contributed by atoms with Crippen LogP contribution in [0.5, 0.6) is 0 Å². The quantitative estimate of drug-likeness (QED) is 0.793. The standard InChI is InChI=1S/C17H26N2OS/c1-15-5-4-8-18(13-15)14-16-6-2-3-7-17(16)21-19-9-11-20-12-10-19/h2-3,6-7,15H,4-5,8-14H2,1H3. The summed E-state index contributed by atoms with van der Waals surface area (Å²) in [7, 11) is 0. The molecule has 3 rings (SSSR count). The fourth-order valence-corrected chi connectivity index (χ4v) is 4.17. The van der Waals surface area contributed by atoms with Crippen LogP contribution in [0.1, 0.15) is 25.3 Å². The van der Waals surface area contributed by atoms with Gasteiger partial charge in [-0.2, -0.15) is 0 Å². The predicted octanol–water partition coefficient (Wildman–Crippen LogP) is 3.26. The average Bonchev–Trinajstić information content (AvgIpc) is 2.50. The molecule has 0 N–H and O–H groups in total. The third-order valence-corrected chi connectivity index (χ3v) is 5.52. The molecule has 0 radical (unpaired) electrons. The van der Waals surface area contributed by atoms with Crippen LogP contribution in [0.4, 0.5) is 0 Å². The van der Waals surface area contributed by atoms with Gasteiger partial charge in [-0.3, -0.25) is 4.90 Å². The van der Waals surface area contributed by atoms with Crippen LogP contribution in [0.2, 0.25) is 0 Å². The molecule has 2 fully saturated rings. The van der Waals surface area contributed by atoms with Gasteiger partial charge in [-0.1, -0.05) is 25.1 Å². The number of rotatable bonds is 4. The summed E-state index contributed by atoms with van der Waals surface area (Å²) in [5.74, 6) is 0.845. The molecule has 116 valence electrons. The van der Waals surface area contributed by atoms with E-state index in [1.807, 2.05) is 11.9 Å². The first-order valence-electron chi connectivity index (χ1n) is 8.12. The molecule has 2 heterocycles. The number of piperidine rings is 1. The molecule has 0 saturated carbocycles. The van der Waals surface area contributed by atoms with Crippen LogP contribution >= 0.6 is 11.9 Å². The molecule has 3 nitrogen and oxygen atoms in total. The Morgan fingerprint density at radius 1 is 1.19 bits per heavy atom. The fourth-order valence-electron chi connectivity index (χ4n) is 3.17. The number of ether oxygens (including phenoxy) is 1. The fraction of sp³-hybridized carbons (Fsp3) is 0.647. The predicted molar refractivity (Wildman–Crippen MR) is 88.4 cm³/mol. The third kappa shape index (κ3) is 4.46. The van der Waals surface area contributed by atoms with Gasteiger partial charge >= 0.3 is 0 Å². The lowest BCUT2D eigenvalue weighted by Gasteiger charge is -2.32. The molecule has 0 amide bonds. The van der Waals surface area contributed by atoms with Crippen LogP contribution in [0, 0.1) is 5.92 Å².